The Labute approximate surface area is 169 Å². The van der Waals surface area contributed by atoms with Crippen LogP contribution in [0.25, 0.3) is 0 Å². The zero-order chi connectivity index (χ0) is 20.1. The molecule has 0 spiro atoms. The number of hydrogen-bond donors (Lipinski definition) is 2. The second-order valence-electron chi connectivity index (χ2n) is 6.58. The monoisotopic (exact) mass is 390 g/mol. The van der Waals surface area contributed by atoms with Crippen LogP contribution >= 0.6 is 0 Å². The van der Waals surface area contributed by atoms with Crippen LogP contribution in [0.4, 0.5) is 17.5 Å². The molecule has 0 aromatic carbocycles. The van der Waals surface area contributed by atoms with Crippen LogP contribution in [0.5, 0.6) is 0 Å². The van der Waals surface area contributed by atoms with Gasteiger partial charge in [-0.1, -0.05) is 12.1 Å². The zero-order valence-corrected chi connectivity index (χ0v) is 16.1. The van der Waals surface area contributed by atoms with Gasteiger partial charge in [0.1, 0.15) is 23.6 Å². The van der Waals surface area contributed by atoms with Crippen LogP contribution in [-0.4, -0.2) is 52.5 Å². The van der Waals surface area contributed by atoms with E-state index in [2.05, 4.69) is 25.6 Å². The molecule has 0 unspecified atom stereocenters. The van der Waals surface area contributed by atoms with E-state index >= 15 is 0 Å². The molecule has 4 rings (SSSR count). The van der Waals surface area contributed by atoms with E-state index in [9.17, 15) is 4.79 Å². The van der Waals surface area contributed by atoms with Gasteiger partial charge in [0.15, 0.2) is 0 Å². The van der Waals surface area contributed by atoms with Gasteiger partial charge in [-0.3, -0.25) is 4.79 Å². The summed E-state index contributed by atoms with van der Waals surface area (Å²) in [7, 11) is 1.78. The second kappa shape index (κ2) is 8.66. The van der Waals surface area contributed by atoms with Crippen LogP contribution in [0.15, 0.2) is 60.9 Å². The molecule has 2 N–H and O–H groups in total. The summed E-state index contributed by atoms with van der Waals surface area (Å²) in [4.78, 5) is 27.8. The maximum absolute atomic E-state index is 12.9. The summed E-state index contributed by atoms with van der Waals surface area (Å²) in [6, 6.07) is 14.8. The molecule has 1 fully saturated rings. The van der Waals surface area contributed by atoms with Crippen LogP contribution in [-0.2, 0) is 4.74 Å². The quantitative estimate of drug-likeness (QED) is 0.692. The van der Waals surface area contributed by atoms with Gasteiger partial charge in [0, 0.05) is 31.5 Å². The number of morpholine rings is 1. The minimum atomic E-state index is -0.288. The highest BCUT2D eigenvalue weighted by atomic mass is 16.5. The summed E-state index contributed by atoms with van der Waals surface area (Å²) in [5, 5.41) is 6.14. The Hall–Kier alpha value is -3.52. The maximum atomic E-state index is 12.9. The van der Waals surface area contributed by atoms with Gasteiger partial charge in [-0.2, -0.15) is 0 Å². The Morgan fingerprint density at radius 3 is 2.76 bits per heavy atom. The Kier molecular flexibility index (Phi) is 5.62. The summed E-state index contributed by atoms with van der Waals surface area (Å²) in [6.45, 7) is 1.44. The molecule has 29 heavy (non-hydrogen) atoms. The van der Waals surface area contributed by atoms with Crippen molar-refractivity contribution in [3.05, 3.63) is 72.2 Å². The predicted molar refractivity (Wildman–Crippen MR) is 110 cm³/mol. The van der Waals surface area contributed by atoms with Crippen LogP contribution < -0.4 is 10.6 Å². The number of anilines is 3. The molecule has 0 bridgehead atoms. The van der Waals surface area contributed by atoms with Crippen molar-refractivity contribution >= 4 is 23.4 Å². The topological polar surface area (TPSA) is 92.3 Å². The van der Waals surface area contributed by atoms with Crippen LogP contribution in [0.3, 0.4) is 0 Å². The first-order chi connectivity index (χ1) is 14.2. The normalized spacial score (nSPS) is 16.3. The first kappa shape index (κ1) is 18.8. The number of aromatic nitrogens is 3. The minimum absolute atomic E-state index is 0.0417. The fraction of sp³-hybridized carbons (Fsp3) is 0.238. The van der Waals surface area contributed by atoms with Crippen molar-refractivity contribution in [2.45, 2.75) is 6.10 Å². The summed E-state index contributed by atoms with van der Waals surface area (Å²) in [6.07, 6.45) is 3.06. The van der Waals surface area contributed by atoms with E-state index in [1.54, 1.807) is 36.5 Å². The van der Waals surface area contributed by atoms with Crippen LogP contribution in [0.2, 0.25) is 0 Å². The number of ether oxygens (including phenoxy) is 1. The standard InChI is InChI=1S/C21H22N6O2/c1-22-20-13-15(8-10-24-20)21(28)27-11-12-29-17(14-27)16-5-4-7-19(25-16)26-18-6-2-3-9-23-18/h2-10,13,17H,11-12,14H2,1H3,(H,22,24)(H,23,25,26)/t17-/m0/s1. The highest BCUT2D eigenvalue weighted by Crippen LogP contribution is 2.24. The van der Waals surface area contributed by atoms with E-state index < -0.39 is 0 Å². The minimum Gasteiger partial charge on any atom is -0.373 e. The summed E-state index contributed by atoms with van der Waals surface area (Å²) in [5.74, 6) is 2.02. The highest BCUT2D eigenvalue weighted by Gasteiger charge is 2.27. The Balaban J connectivity index is 1.48. The van der Waals surface area contributed by atoms with E-state index in [4.69, 9.17) is 4.74 Å². The molecule has 1 aliphatic heterocycles. The first-order valence-electron chi connectivity index (χ1n) is 9.42. The number of carbonyl (C=O) groups is 1. The van der Waals surface area contributed by atoms with E-state index in [0.29, 0.717) is 36.9 Å². The molecule has 3 aromatic rings. The SMILES string of the molecule is CNc1cc(C(=O)N2CCO[C@H](c3cccc(Nc4ccccn4)n3)C2)ccn1. The maximum Gasteiger partial charge on any atom is 0.254 e. The third kappa shape index (κ3) is 4.49. The van der Waals surface area contributed by atoms with Crippen molar-refractivity contribution in [2.75, 3.05) is 37.4 Å². The lowest BCUT2D eigenvalue weighted by Crippen LogP contribution is -2.42. The average Bonchev–Trinajstić information content (AvgIpc) is 2.79. The van der Waals surface area contributed by atoms with Gasteiger partial charge in [0.05, 0.1) is 18.8 Å². The van der Waals surface area contributed by atoms with Gasteiger partial charge in [-0.25, -0.2) is 15.0 Å². The summed E-state index contributed by atoms with van der Waals surface area (Å²) >= 11 is 0. The third-order valence-electron chi connectivity index (χ3n) is 4.64. The third-order valence-corrected chi connectivity index (χ3v) is 4.64. The highest BCUT2D eigenvalue weighted by molar-refractivity contribution is 5.94. The van der Waals surface area contributed by atoms with Gasteiger partial charge < -0.3 is 20.3 Å². The number of carbonyl (C=O) groups excluding carboxylic acids is 1. The lowest BCUT2D eigenvalue weighted by atomic mass is 10.1. The van der Waals surface area contributed by atoms with Gasteiger partial charge in [-0.05, 0) is 36.4 Å². The molecular formula is C21H22N6O2. The predicted octanol–water partition coefficient (Wildman–Crippen LogP) is 2.87. The molecule has 8 heteroatoms. The summed E-state index contributed by atoms with van der Waals surface area (Å²) in [5.41, 5.74) is 1.37. The molecule has 1 atom stereocenters. The van der Waals surface area contributed by atoms with Gasteiger partial charge in [0.2, 0.25) is 0 Å². The van der Waals surface area contributed by atoms with Crippen molar-refractivity contribution in [3.8, 4) is 0 Å². The fourth-order valence-corrected chi connectivity index (χ4v) is 3.16. The zero-order valence-electron chi connectivity index (χ0n) is 16.1. The Bertz CT molecular complexity index is 982. The largest absolute Gasteiger partial charge is 0.373 e. The van der Waals surface area contributed by atoms with Crippen LogP contribution in [0, 0.1) is 0 Å². The molecule has 8 nitrogen and oxygen atoms in total. The smallest absolute Gasteiger partial charge is 0.254 e. The molecule has 0 aliphatic carbocycles. The van der Waals surface area contributed by atoms with Crippen molar-refractivity contribution < 1.29 is 9.53 Å². The molecule has 1 aliphatic rings. The molecular weight excluding hydrogens is 368 g/mol. The van der Waals surface area contributed by atoms with E-state index in [1.807, 2.05) is 36.4 Å². The molecule has 0 saturated carbocycles. The van der Waals surface area contributed by atoms with Gasteiger partial charge in [-0.15, -0.1) is 0 Å². The molecule has 4 heterocycles. The van der Waals surface area contributed by atoms with Crippen molar-refractivity contribution in [2.24, 2.45) is 0 Å². The number of nitrogens with zero attached hydrogens (tertiary/aromatic N) is 4. The van der Waals surface area contributed by atoms with Crippen molar-refractivity contribution in [1.29, 1.82) is 0 Å². The van der Waals surface area contributed by atoms with Gasteiger partial charge >= 0.3 is 0 Å². The van der Waals surface area contributed by atoms with E-state index in [1.165, 1.54) is 0 Å². The average molecular weight is 390 g/mol. The number of rotatable bonds is 5. The Morgan fingerprint density at radius 1 is 1.07 bits per heavy atom. The van der Waals surface area contributed by atoms with Gasteiger partial charge in [0.25, 0.3) is 5.91 Å². The number of pyridine rings is 3. The number of amides is 1. The lowest BCUT2D eigenvalue weighted by Gasteiger charge is -2.33. The molecule has 1 saturated heterocycles. The van der Waals surface area contributed by atoms with E-state index in [0.717, 1.165) is 11.5 Å². The lowest BCUT2D eigenvalue weighted by molar-refractivity contribution is -0.0246. The molecule has 0 radical (unpaired) electrons. The van der Waals surface area contributed by atoms with E-state index in [-0.39, 0.29) is 12.0 Å². The molecule has 148 valence electrons. The van der Waals surface area contributed by atoms with Crippen molar-refractivity contribution in [1.82, 2.24) is 19.9 Å². The molecule has 3 aromatic heterocycles. The Morgan fingerprint density at radius 2 is 1.93 bits per heavy atom. The first-order valence-corrected chi connectivity index (χ1v) is 9.42. The number of nitrogens with one attached hydrogen (secondary N) is 2. The van der Waals surface area contributed by atoms with Crippen molar-refractivity contribution in [3.63, 3.8) is 0 Å². The second-order valence-corrected chi connectivity index (χ2v) is 6.58. The molecule has 1 amide bonds. The number of hydrogen-bond acceptors (Lipinski definition) is 7. The fourth-order valence-electron chi connectivity index (χ4n) is 3.16. The summed E-state index contributed by atoms with van der Waals surface area (Å²) < 4.78 is 5.91. The van der Waals surface area contributed by atoms with Crippen LogP contribution in [0.1, 0.15) is 22.2 Å².